The van der Waals surface area contributed by atoms with Crippen LogP contribution in [0.2, 0.25) is 0 Å². The van der Waals surface area contributed by atoms with Crippen molar-refractivity contribution in [2.75, 3.05) is 6.54 Å². The summed E-state index contributed by atoms with van der Waals surface area (Å²) in [6, 6.07) is 7.07. The van der Waals surface area contributed by atoms with Crippen LogP contribution in [-0.4, -0.2) is 33.6 Å². The molecule has 4 rings (SSSR count). The van der Waals surface area contributed by atoms with E-state index in [0.29, 0.717) is 24.3 Å². The summed E-state index contributed by atoms with van der Waals surface area (Å²) in [5.74, 6) is 0.537. The second-order valence-electron chi connectivity index (χ2n) is 7.62. The lowest BCUT2D eigenvalue weighted by Gasteiger charge is -2.13. The van der Waals surface area contributed by atoms with Crippen LogP contribution in [0, 0.1) is 6.92 Å². The Hall–Kier alpha value is -3.20. The number of rotatable bonds is 7. The first-order valence-corrected chi connectivity index (χ1v) is 11.3. The van der Waals surface area contributed by atoms with Gasteiger partial charge < -0.3 is 14.3 Å². The highest BCUT2D eigenvalue weighted by Gasteiger charge is 2.28. The maximum absolute atomic E-state index is 12.7. The normalized spacial score (nSPS) is 14.2. The van der Waals surface area contributed by atoms with Gasteiger partial charge in [0.25, 0.3) is 11.8 Å². The first-order chi connectivity index (χ1) is 15.5. The minimum absolute atomic E-state index is 0.235. The largest absolute Gasteiger partial charge is 0.455 e. The first kappa shape index (κ1) is 22.0. The lowest BCUT2D eigenvalue weighted by atomic mass is 9.93. The molecule has 1 aliphatic carbocycles. The molecule has 1 aliphatic rings. The molecule has 0 radical (unpaired) electrons. The van der Waals surface area contributed by atoms with Crippen molar-refractivity contribution in [1.82, 2.24) is 20.3 Å². The molecule has 0 unspecified atom stereocenters. The molecule has 1 aromatic carbocycles. The van der Waals surface area contributed by atoms with Gasteiger partial charge in [0.15, 0.2) is 5.76 Å². The Kier molecular flexibility index (Phi) is 6.84. The molecule has 0 saturated carbocycles. The van der Waals surface area contributed by atoms with Gasteiger partial charge in [-0.15, -0.1) is 0 Å². The Bertz CT molecular complexity index is 1130. The zero-order valence-corrected chi connectivity index (χ0v) is 19.3. The highest BCUT2D eigenvalue weighted by Crippen LogP contribution is 2.29. The third-order valence-corrected chi connectivity index (χ3v) is 5.90. The Labute approximate surface area is 194 Å². The fourth-order valence-corrected chi connectivity index (χ4v) is 4.01. The number of hydrazone groups is 1. The summed E-state index contributed by atoms with van der Waals surface area (Å²) in [6.45, 7) is 3.18. The molecule has 2 amide bonds. The maximum atomic E-state index is 12.7. The van der Waals surface area contributed by atoms with E-state index >= 15 is 0 Å². The molecular weight excluding hydrogens is 474 g/mol. The quantitative estimate of drug-likeness (QED) is 0.382. The monoisotopic (exact) mass is 497 g/mol. The number of aromatic nitrogens is 2. The number of nitrogens with one attached hydrogen (secondary N) is 2. The van der Waals surface area contributed by atoms with E-state index in [-0.39, 0.29) is 11.8 Å². The highest BCUT2D eigenvalue weighted by molar-refractivity contribution is 9.10. The van der Waals surface area contributed by atoms with E-state index in [1.54, 1.807) is 36.8 Å². The standard InChI is InChI=1S/C23H24BrN5O3/c1-15-20-18(27-28-22(30)16-6-8-17(24)9-7-16)4-2-5-19(20)32-21(15)23(31)26-10-3-12-29-13-11-25-14-29/h6-9,11,13-14H,2-5,10,12H2,1H3,(H,26,31)(H,28,30)/b27-18+. The van der Waals surface area contributed by atoms with Gasteiger partial charge in [0.2, 0.25) is 0 Å². The van der Waals surface area contributed by atoms with Crippen molar-refractivity contribution in [3.05, 3.63) is 75.7 Å². The van der Waals surface area contributed by atoms with Crippen molar-refractivity contribution in [2.45, 2.75) is 39.2 Å². The summed E-state index contributed by atoms with van der Waals surface area (Å²) in [7, 11) is 0. The molecule has 2 aromatic heterocycles. The molecule has 3 aromatic rings. The van der Waals surface area contributed by atoms with Crippen molar-refractivity contribution in [2.24, 2.45) is 5.10 Å². The zero-order valence-electron chi connectivity index (χ0n) is 17.7. The van der Waals surface area contributed by atoms with Crippen LogP contribution >= 0.6 is 15.9 Å². The van der Waals surface area contributed by atoms with Gasteiger partial charge in [-0.3, -0.25) is 9.59 Å². The summed E-state index contributed by atoms with van der Waals surface area (Å²) < 4.78 is 8.78. The average molecular weight is 498 g/mol. The third kappa shape index (κ3) is 4.99. The van der Waals surface area contributed by atoms with Crippen LogP contribution in [0.25, 0.3) is 0 Å². The Morgan fingerprint density at radius 2 is 2.03 bits per heavy atom. The number of carbonyl (C=O) groups excluding carboxylic acids is 2. The van der Waals surface area contributed by atoms with Gasteiger partial charge in [0.05, 0.1) is 12.0 Å². The second kappa shape index (κ2) is 9.95. The molecule has 9 heteroatoms. The van der Waals surface area contributed by atoms with E-state index in [9.17, 15) is 9.59 Å². The summed E-state index contributed by atoms with van der Waals surface area (Å²) in [5, 5.41) is 7.29. The second-order valence-corrected chi connectivity index (χ2v) is 8.54. The fourth-order valence-electron chi connectivity index (χ4n) is 3.74. The van der Waals surface area contributed by atoms with Crippen molar-refractivity contribution < 1.29 is 14.0 Å². The minimum Gasteiger partial charge on any atom is -0.455 e. The number of hydrogen-bond acceptors (Lipinski definition) is 5. The van der Waals surface area contributed by atoms with E-state index < -0.39 is 0 Å². The van der Waals surface area contributed by atoms with Crippen LogP contribution in [0.3, 0.4) is 0 Å². The fraction of sp³-hybridized carbons (Fsp3) is 0.304. The Balaban J connectivity index is 1.42. The third-order valence-electron chi connectivity index (χ3n) is 5.37. The van der Waals surface area contributed by atoms with Crippen LogP contribution in [-0.2, 0) is 13.0 Å². The van der Waals surface area contributed by atoms with Crippen molar-refractivity contribution >= 4 is 33.5 Å². The van der Waals surface area contributed by atoms with Crippen LogP contribution in [0.4, 0.5) is 0 Å². The van der Waals surface area contributed by atoms with Gasteiger partial charge in [-0.05, 0) is 50.5 Å². The number of aryl methyl sites for hydroxylation is 2. The summed E-state index contributed by atoms with van der Waals surface area (Å²) >= 11 is 3.36. The molecule has 2 N–H and O–H groups in total. The van der Waals surface area contributed by atoms with Gasteiger partial charge >= 0.3 is 0 Å². The molecule has 8 nitrogen and oxygen atoms in total. The number of halogens is 1. The van der Waals surface area contributed by atoms with Crippen molar-refractivity contribution in [3.8, 4) is 0 Å². The van der Waals surface area contributed by atoms with Gasteiger partial charge in [-0.2, -0.15) is 5.10 Å². The minimum atomic E-state index is -0.283. The number of carbonyl (C=O) groups is 2. The van der Waals surface area contributed by atoms with Crippen LogP contribution < -0.4 is 10.7 Å². The number of fused-ring (bicyclic) bond motifs is 1. The molecule has 0 fully saturated rings. The van der Waals surface area contributed by atoms with Gasteiger partial charge in [0, 0.05) is 53.1 Å². The van der Waals surface area contributed by atoms with Gasteiger partial charge in [-0.1, -0.05) is 15.9 Å². The number of imidazole rings is 1. The average Bonchev–Trinajstić information content (AvgIpc) is 3.43. The number of furan rings is 1. The lowest BCUT2D eigenvalue weighted by Crippen LogP contribution is -2.25. The molecule has 0 aliphatic heterocycles. The molecular formula is C23H24BrN5O3. The van der Waals surface area contributed by atoms with Crippen molar-refractivity contribution in [3.63, 3.8) is 0 Å². The van der Waals surface area contributed by atoms with E-state index in [1.807, 2.05) is 17.7 Å². The SMILES string of the molecule is Cc1c(C(=O)NCCCn2ccnc2)oc2c1/C(=N/NC(=O)c1ccc(Br)cc1)CCC2. The number of amides is 2. The van der Waals surface area contributed by atoms with E-state index in [1.165, 1.54) is 0 Å². The lowest BCUT2D eigenvalue weighted by molar-refractivity contribution is 0.0920. The van der Waals surface area contributed by atoms with E-state index in [2.05, 4.69) is 36.8 Å². The van der Waals surface area contributed by atoms with Crippen LogP contribution in [0.1, 0.15) is 57.1 Å². The molecule has 166 valence electrons. The van der Waals surface area contributed by atoms with Crippen molar-refractivity contribution in [1.29, 1.82) is 0 Å². The smallest absolute Gasteiger partial charge is 0.287 e. The number of nitrogens with zero attached hydrogens (tertiary/aromatic N) is 3. The number of hydrogen-bond donors (Lipinski definition) is 2. The predicted molar refractivity (Wildman–Crippen MR) is 124 cm³/mol. The highest BCUT2D eigenvalue weighted by atomic mass is 79.9. The molecule has 0 atom stereocenters. The predicted octanol–water partition coefficient (Wildman–Crippen LogP) is 3.84. The topological polar surface area (TPSA) is 102 Å². The van der Waals surface area contributed by atoms with E-state index in [4.69, 9.17) is 4.42 Å². The Morgan fingerprint density at radius 3 is 2.78 bits per heavy atom. The van der Waals surface area contributed by atoms with Gasteiger partial charge in [-0.25, -0.2) is 10.4 Å². The summed E-state index contributed by atoms with van der Waals surface area (Å²) in [4.78, 5) is 29.1. The molecule has 2 heterocycles. The summed E-state index contributed by atoms with van der Waals surface area (Å²) in [6.07, 6.45) is 8.46. The molecule has 32 heavy (non-hydrogen) atoms. The summed E-state index contributed by atoms with van der Waals surface area (Å²) in [5.41, 5.74) is 5.47. The maximum Gasteiger partial charge on any atom is 0.287 e. The molecule has 0 saturated heterocycles. The van der Waals surface area contributed by atoms with E-state index in [0.717, 1.165) is 52.9 Å². The Morgan fingerprint density at radius 1 is 1.22 bits per heavy atom. The first-order valence-electron chi connectivity index (χ1n) is 10.5. The molecule has 0 bridgehead atoms. The number of benzene rings is 1. The zero-order chi connectivity index (χ0) is 22.5. The van der Waals surface area contributed by atoms with Gasteiger partial charge in [0.1, 0.15) is 5.76 Å². The van der Waals surface area contributed by atoms with Crippen LogP contribution in [0.5, 0.6) is 0 Å². The molecule has 0 spiro atoms. The van der Waals surface area contributed by atoms with Crippen LogP contribution in [0.15, 0.2) is 57.0 Å².